The quantitative estimate of drug-likeness (QED) is 0.448. The summed E-state index contributed by atoms with van der Waals surface area (Å²) in [6, 6.07) is 14.7. The smallest absolute Gasteiger partial charge is 0.180 e. The fourth-order valence-electron chi connectivity index (χ4n) is 3.61. The lowest BCUT2D eigenvalue weighted by atomic mass is 9.98. The lowest BCUT2D eigenvalue weighted by Crippen LogP contribution is -2.14. The molecule has 0 radical (unpaired) electrons. The molecule has 1 aromatic heterocycles. The van der Waals surface area contributed by atoms with E-state index in [1.807, 2.05) is 50.3 Å². The molecular formula is C25H21NO3. The van der Waals surface area contributed by atoms with Crippen molar-refractivity contribution < 1.29 is 14.3 Å². The van der Waals surface area contributed by atoms with Crippen LogP contribution in [0.15, 0.2) is 72.8 Å². The van der Waals surface area contributed by atoms with Crippen LogP contribution in [-0.4, -0.2) is 23.2 Å². The Morgan fingerprint density at radius 2 is 1.90 bits per heavy atom. The number of benzene rings is 2. The van der Waals surface area contributed by atoms with Gasteiger partial charge in [0.15, 0.2) is 11.6 Å². The van der Waals surface area contributed by atoms with Gasteiger partial charge in [-0.2, -0.15) is 0 Å². The molecule has 4 heteroatoms. The van der Waals surface area contributed by atoms with Gasteiger partial charge in [0.25, 0.3) is 0 Å². The van der Waals surface area contributed by atoms with Crippen molar-refractivity contribution in [1.29, 1.82) is 0 Å². The second kappa shape index (κ2) is 7.47. The van der Waals surface area contributed by atoms with Crippen molar-refractivity contribution >= 4 is 22.5 Å². The van der Waals surface area contributed by atoms with Crippen molar-refractivity contribution in [2.24, 2.45) is 0 Å². The first-order chi connectivity index (χ1) is 14.0. The van der Waals surface area contributed by atoms with E-state index in [1.165, 1.54) is 0 Å². The Labute approximate surface area is 169 Å². The monoisotopic (exact) mass is 383 g/mol. The third-order valence-corrected chi connectivity index (χ3v) is 5.26. The molecule has 4 nitrogen and oxygen atoms in total. The van der Waals surface area contributed by atoms with Crippen LogP contribution in [0.5, 0.6) is 5.75 Å². The Morgan fingerprint density at radius 1 is 1.10 bits per heavy atom. The fraction of sp³-hybridized carbons (Fsp3) is 0.160. The summed E-state index contributed by atoms with van der Waals surface area (Å²) < 4.78 is 5.94. The van der Waals surface area contributed by atoms with E-state index in [9.17, 15) is 9.59 Å². The highest BCUT2D eigenvalue weighted by molar-refractivity contribution is 6.29. The van der Waals surface area contributed by atoms with Gasteiger partial charge < -0.3 is 4.74 Å². The maximum absolute atomic E-state index is 13.0. The molecule has 0 aliphatic heterocycles. The number of Topliss-reactive ketones (excluding diaryl/α,β-unsaturated/α-hetero) is 2. The normalized spacial score (nSPS) is 16.2. The standard InChI is InChI=1S/C25H21NO3/c1-4-16(5-2)14-29-21-8-6-7-17-10-12-20(26-23(17)21)22-24(27)18-11-9-15(3)13-19(18)25(22)28/h4-13,22H,1,14H2,2-3H3/b16-5+. The summed E-state index contributed by atoms with van der Waals surface area (Å²) in [4.78, 5) is 30.6. The third kappa shape index (κ3) is 3.27. The van der Waals surface area contributed by atoms with Gasteiger partial charge in [-0.1, -0.05) is 54.6 Å². The average molecular weight is 383 g/mol. The predicted octanol–water partition coefficient (Wildman–Crippen LogP) is 5.22. The lowest BCUT2D eigenvalue weighted by molar-refractivity contribution is 0.0888. The highest BCUT2D eigenvalue weighted by atomic mass is 16.5. The summed E-state index contributed by atoms with van der Waals surface area (Å²) in [5.41, 5.74) is 3.96. The number of para-hydroxylation sites is 1. The number of aromatic nitrogens is 1. The molecule has 2 aromatic carbocycles. The summed E-state index contributed by atoms with van der Waals surface area (Å²) >= 11 is 0. The number of allylic oxidation sites excluding steroid dienone is 1. The number of ketones is 2. The summed E-state index contributed by atoms with van der Waals surface area (Å²) in [6.45, 7) is 7.98. The van der Waals surface area contributed by atoms with Gasteiger partial charge in [0.05, 0.1) is 5.69 Å². The zero-order valence-electron chi connectivity index (χ0n) is 16.4. The van der Waals surface area contributed by atoms with Crippen LogP contribution in [0.2, 0.25) is 0 Å². The first-order valence-corrected chi connectivity index (χ1v) is 9.52. The summed E-state index contributed by atoms with van der Waals surface area (Å²) in [7, 11) is 0. The molecule has 1 aliphatic carbocycles. The minimum Gasteiger partial charge on any atom is -0.487 e. The van der Waals surface area contributed by atoms with Gasteiger partial charge in [-0.15, -0.1) is 0 Å². The largest absolute Gasteiger partial charge is 0.487 e. The van der Waals surface area contributed by atoms with E-state index in [0.29, 0.717) is 34.7 Å². The first-order valence-electron chi connectivity index (χ1n) is 9.52. The van der Waals surface area contributed by atoms with Gasteiger partial charge in [0, 0.05) is 16.5 Å². The van der Waals surface area contributed by atoms with Crippen LogP contribution in [0.4, 0.5) is 0 Å². The molecule has 1 aliphatic rings. The van der Waals surface area contributed by atoms with Gasteiger partial charge in [-0.3, -0.25) is 9.59 Å². The molecule has 0 N–H and O–H groups in total. The third-order valence-electron chi connectivity index (χ3n) is 5.26. The minimum atomic E-state index is -0.900. The van der Waals surface area contributed by atoms with Crippen LogP contribution >= 0.6 is 0 Å². The molecule has 0 saturated carbocycles. The van der Waals surface area contributed by atoms with Crippen LogP contribution in [0.3, 0.4) is 0 Å². The van der Waals surface area contributed by atoms with Crippen LogP contribution in [0, 0.1) is 6.92 Å². The molecule has 0 amide bonds. The lowest BCUT2D eigenvalue weighted by Gasteiger charge is -2.12. The second-order valence-electron chi connectivity index (χ2n) is 7.13. The molecule has 0 saturated heterocycles. The molecule has 0 fully saturated rings. The first kappa shape index (κ1) is 18.8. The van der Waals surface area contributed by atoms with E-state index in [-0.39, 0.29) is 11.6 Å². The molecule has 0 bridgehead atoms. The number of carbonyl (C=O) groups is 2. The molecule has 1 atom stereocenters. The van der Waals surface area contributed by atoms with Crippen LogP contribution in [0.1, 0.15) is 44.8 Å². The maximum atomic E-state index is 13.0. The average Bonchev–Trinajstić information content (AvgIpc) is 2.98. The molecule has 29 heavy (non-hydrogen) atoms. The summed E-state index contributed by atoms with van der Waals surface area (Å²) in [5, 5.41) is 0.887. The Kier molecular flexibility index (Phi) is 4.85. The van der Waals surface area contributed by atoms with Crippen molar-refractivity contribution in [3.8, 4) is 5.75 Å². The number of rotatable bonds is 5. The number of fused-ring (bicyclic) bond motifs is 2. The molecule has 3 aromatic rings. The number of aryl methyl sites for hydroxylation is 1. The molecule has 1 heterocycles. The fourth-order valence-corrected chi connectivity index (χ4v) is 3.61. The predicted molar refractivity (Wildman–Crippen MR) is 114 cm³/mol. The highest BCUT2D eigenvalue weighted by Gasteiger charge is 2.40. The van der Waals surface area contributed by atoms with Crippen molar-refractivity contribution in [2.45, 2.75) is 19.8 Å². The van der Waals surface area contributed by atoms with Gasteiger partial charge in [-0.05, 0) is 37.6 Å². The highest BCUT2D eigenvalue weighted by Crippen LogP contribution is 2.35. The Morgan fingerprint density at radius 3 is 2.66 bits per heavy atom. The van der Waals surface area contributed by atoms with Crippen molar-refractivity contribution in [1.82, 2.24) is 4.98 Å². The maximum Gasteiger partial charge on any atom is 0.180 e. The van der Waals surface area contributed by atoms with Crippen molar-refractivity contribution in [3.63, 3.8) is 0 Å². The number of hydrogen-bond donors (Lipinski definition) is 0. The van der Waals surface area contributed by atoms with E-state index < -0.39 is 5.92 Å². The van der Waals surface area contributed by atoms with Crippen molar-refractivity contribution in [2.75, 3.05) is 6.61 Å². The van der Waals surface area contributed by atoms with Crippen LogP contribution in [-0.2, 0) is 0 Å². The van der Waals surface area contributed by atoms with E-state index >= 15 is 0 Å². The second-order valence-corrected chi connectivity index (χ2v) is 7.13. The van der Waals surface area contributed by atoms with Gasteiger partial charge in [0.1, 0.15) is 23.8 Å². The molecule has 144 valence electrons. The van der Waals surface area contributed by atoms with Gasteiger partial charge in [-0.25, -0.2) is 4.98 Å². The Hall–Kier alpha value is -3.53. The Balaban J connectivity index is 1.74. The van der Waals surface area contributed by atoms with E-state index in [1.54, 1.807) is 24.3 Å². The number of ether oxygens (including phenoxy) is 1. The van der Waals surface area contributed by atoms with E-state index in [2.05, 4.69) is 11.6 Å². The van der Waals surface area contributed by atoms with Crippen LogP contribution in [0.25, 0.3) is 10.9 Å². The zero-order valence-corrected chi connectivity index (χ0v) is 16.4. The number of carbonyl (C=O) groups excluding carboxylic acids is 2. The molecule has 0 spiro atoms. The molecule has 1 unspecified atom stereocenters. The van der Waals surface area contributed by atoms with Crippen LogP contribution < -0.4 is 4.74 Å². The zero-order chi connectivity index (χ0) is 20.5. The molecular weight excluding hydrogens is 362 g/mol. The van der Waals surface area contributed by atoms with Gasteiger partial charge >= 0.3 is 0 Å². The van der Waals surface area contributed by atoms with Crippen molar-refractivity contribution in [3.05, 3.63) is 95.2 Å². The van der Waals surface area contributed by atoms with E-state index in [0.717, 1.165) is 16.5 Å². The summed E-state index contributed by atoms with van der Waals surface area (Å²) in [6.07, 6.45) is 3.69. The number of hydrogen-bond acceptors (Lipinski definition) is 4. The minimum absolute atomic E-state index is 0.193. The van der Waals surface area contributed by atoms with E-state index in [4.69, 9.17) is 4.74 Å². The van der Waals surface area contributed by atoms with Gasteiger partial charge in [0.2, 0.25) is 0 Å². The topological polar surface area (TPSA) is 56.3 Å². The number of pyridine rings is 1. The Bertz CT molecular complexity index is 1190. The molecule has 4 rings (SSSR count). The number of nitrogens with zero attached hydrogens (tertiary/aromatic N) is 1. The SMILES string of the molecule is C=C/C(=C\C)COc1cccc2ccc(C3C(=O)c4ccc(C)cc4C3=O)nc12. The summed E-state index contributed by atoms with van der Waals surface area (Å²) in [5.74, 6) is -0.680.